The third-order valence-electron chi connectivity index (χ3n) is 5.95. The van der Waals surface area contributed by atoms with Gasteiger partial charge in [0.25, 0.3) is 5.91 Å². The van der Waals surface area contributed by atoms with Crippen molar-refractivity contribution in [2.24, 2.45) is 5.92 Å². The molecule has 1 aliphatic rings. The van der Waals surface area contributed by atoms with Gasteiger partial charge in [-0.05, 0) is 30.9 Å². The van der Waals surface area contributed by atoms with Crippen molar-refractivity contribution >= 4 is 28.9 Å². The molecule has 1 aliphatic heterocycles. The Labute approximate surface area is 198 Å². The molecule has 0 aliphatic carbocycles. The van der Waals surface area contributed by atoms with Crippen LogP contribution in [0, 0.1) is 5.92 Å². The second-order valence-electron chi connectivity index (χ2n) is 8.44. The number of rotatable bonds is 7. The average Bonchev–Trinajstić information content (AvgIpc) is 3.23. The normalized spacial score (nSPS) is 14.9. The lowest BCUT2D eigenvalue weighted by Crippen LogP contribution is -2.35. The third kappa shape index (κ3) is 5.70. The number of fused-ring (bicyclic) bond motifs is 1. The summed E-state index contributed by atoms with van der Waals surface area (Å²) in [5.41, 5.74) is 0.540. The molecule has 186 valence electrons. The van der Waals surface area contributed by atoms with Gasteiger partial charge in [-0.2, -0.15) is 13.2 Å². The molecule has 0 radical (unpaired) electrons. The summed E-state index contributed by atoms with van der Waals surface area (Å²) in [4.78, 5) is 33.7. The van der Waals surface area contributed by atoms with Crippen molar-refractivity contribution in [2.75, 3.05) is 29.9 Å². The Kier molecular flexibility index (Phi) is 6.92. The fraction of sp³-hybridized carbons (Fsp3) is 0.391. The molecule has 12 heteroatoms. The minimum absolute atomic E-state index is 0.0871. The first kappa shape index (κ1) is 24.5. The minimum Gasteiger partial charge on any atom is -0.481 e. The number of hydrogen-bond acceptors (Lipinski definition) is 6. The molecule has 35 heavy (non-hydrogen) atoms. The highest BCUT2D eigenvalue weighted by Gasteiger charge is 2.33. The number of pyridine rings is 2. The summed E-state index contributed by atoms with van der Waals surface area (Å²) in [7, 11) is 0. The number of aromatic nitrogens is 3. The monoisotopic (exact) mass is 491 g/mol. The Morgan fingerprint density at radius 2 is 1.89 bits per heavy atom. The molecule has 9 nitrogen and oxygen atoms in total. The maximum Gasteiger partial charge on any atom is 0.433 e. The van der Waals surface area contributed by atoms with Crippen LogP contribution >= 0.6 is 0 Å². The lowest BCUT2D eigenvalue weighted by Gasteiger charge is -2.34. The summed E-state index contributed by atoms with van der Waals surface area (Å²) in [5, 5.41) is 21.1. The van der Waals surface area contributed by atoms with Gasteiger partial charge in [-0.15, -0.1) is 0 Å². The van der Waals surface area contributed by atoms with Crippen LogP contribution in [0.2, 0.25) is 0 Å². The number of halogens is 3. The zero-order valence-corrected chi connectivity index (χ0v) is 18.6. The van der Waals surface area contributed by atoms with Crippen molar-refractivity contribution in [3.8, 4) is 0 Å². The molecule has 0 bridgehead atoms. The molecule has 1 amide bonds. The van der Waals surface area contributed by atoms with E-state index in [4.69, 9.17) is 5.11 Å². The molecule has 3 N–H and O–H groups in total. The Hall–Kier alpha value is -3.67. The van der Waals surface area contributed by atoms with E-state index in [-0.39, 0.29) is 31.1 Å². The van der Waals surface area contributed by atoms with Crippen LogP contribution in [0.1, 0.15) is 41.1 Å². The molecule has 1 saturated heterocycles. The molecule has 4 heterocycles. The van der Waals surface area contributed by atoms with E-state index >= 15 is 0 Å². The van der Waals surface area contributed by atoms with E-state index in [1.54, 1.807) is 22.9 Å². The topological polar surface area (TPSA) is 120 Å². The van der Waals surface area contributed by atoms with Crippen LogP contribution in [-0.2, 0) is 17.4 Å². The minimum atomic E-state index is -4.68. The molecular formula is C23H24F3N5O4. The maximum atomic E-state index is 13.0. The number of nitrogens with zero attached hydrogens (tertiary/aromatic N) is 4. The number of aryl methyl sites for hydroxylation is 1. The molecule has 1 fully saturated rings. The zero-order valence-electron chi connectivity index (χ0n) is 18.6. The van der Waals surface area contributed by atoms with Crippen molar-refractivity contribution in [1.29, 1.82) is 0 Å². The third-order valence-corrected chi connectivity index (χ3v) is 5.95. The van der Waals surface area contributed by atoms with Crippen LogP contribution in [0.3, 0.4) is 0 Å². The molecule has 3 aromatic rings. The quantitative estimate of drug-likeness (QED) is 0.464. The standard InChI is InChI=1S/C23H24F3N5O4/c24-23(25,26)19-3-1-2-16(28-19)22(35)29-17-12-31-11-15(4-5-21(33)34)27-20(31)10-18(17)30-8-6-14(13-32)7-9-30/h1-3,10-12,14,32H,4-9,13H2,(H,29,35)(H,33,34). The van der Waals surface area contributed by atoms with Gasteiger partial charge >= 0.3 is 12.1 Å². The smallest absolute Gasteiger partial charge is 0.433 e. The number of carboxylic acid groups (broad SMARTS) is 1. The van der Waals surface area contributed by atoms with Gasteiger partial charge in [-0.1, -0.05) is 6.07 Å². The summed E-state index contributed by atoms with van der Waals surface area (Å²) in [6, 6.07) is 4.87. The van der Waals surface area contributed by atoms with Crippen LogP contribution < -0.4 is 10.2 Å². The van der Waals surface area contributed by atoms with E-state index in [1.165, 1.54) is 6.07 Å². The first-order chi connectivity index (χ1) is 16.6. The number of imidazole rings is 1. The molecule has 0 aromatic carbocycles. The van der Waals surface area contributed by atoms with Crippen LogP contribution in [0.15, 0.2) is 36.7 Å². The lowest BCUT2D eigenvalue weighted by atomic mass is 9.97. The van der Waals surface area contributed by atoms with E-state index in [0.29, 0.717) is 35.8 Å². The molecule has 0 unspecified atom stereocenters. The van der Waals surface area contributed by atoms with Gasteiger partial charge in [-0.3, -0.25) is 9.59 Å². The second kappa shape index (κ2) is 9.90. The number of carboxylic acids is 1. The first-order valence-corrected chi connectivity index (χ1v) is 11.1. The summed E-state index contributed by atoms with van der Waals surface area (Å²) < 4.78 is 40.8. The Balaban J connectivity index is 1.67. The Morgan fingerprint density at radius 3 is 2.54 bits per heavy atom. The number of aliphatic hydroxyl groups excluding tert-OH is 1. The van der Waals surface area contributed by atoms with Crippen LogP contribution in [0.5, 0.6) is 0 Å². The summed E-state index contributed by atoms with van der Waals surface area (Å²) in [5.74, 6) is -1.57. The number of piperidine rings is 1. The largest absolute Gasteiger partial charge is 0.481 e. The second-order valence-corrected chi connectivity index (χ2v) is 8.44. The zero-order chi connectivity index (χ0) is 25.2. The summed E-state index contributed by atoms with van der Waals surface area (Å²) in [6.45, 7) is 1.31. The number of anilines is 2. The van der Waals surface area contributed by atoms with Gasteiger partial charge in [0, 0.05) is 44.6 Å². The van der Waals surface area contributed by atoms with Gasteiger partial charge in [0.05, 0.1) is 23.5 Å². The fourth-order valence-corrected chi connectivity index (χ4v) is 4.05. The number of aliphatic hydroxyl groups is 1. The fourth-order valence-electron chi connectivity index (χ4n) is 4.05. The molecule has 3 aromatic heterocycles. The van der Waals surface area contributed by atoms with E-state index in [1.807, 2.05) is 4.90 Å². The Bertz CT molecular complexity index is 1240. The highest BCUT2D eigenvalue weighted by Crippen LogP contribution is 2.32. The van der Waals surface area contributed by atoms with Gasteiger partial charge in [0.1, 0.15) is 17.0 Å². The van der Waals surface area contributed by atoms with Crippen LogP contribution in [0.4, 0.5) is 24.5 Å². The van der Waals surface area contributed by atoms with Crippen molar-refractivity contribution in [2.45, 2.75) is 31.9 Å². The van der Waals surface area contributed by atoms with Gasteiger partial charge in [-0.25, -0.2) is 9.97 Å². The van der Waals surface area contributed by atoms with Crippen LogP contribution in [0.25, 0.3) is 5.65 Å². The van der Waals surface area contributed by atoms with E-state index in [2.05, 4.69) is 15.3 Å². The number of amides is 1. The Morgan fingerprint density at radius 1 is 1.14 bits per heavy atom. The van der Waals surface area contributed by atoms with Gasteiger partial charge in [0.15, 0.2) is 0 Å². The maximum absolute atomic E-state index is 13.0. The lowest BCUT2D eigenvalue weighted by molar-refractivity contribution is -0.141. The number of nitrogens with one attached hydrogen (secondary N) is 1. The average molecular weight is 491 g/mol. The van der Waals surface area contributed by atoms with E-state index in [0.717, 1.165) is 25.0 Å². The summed E-state index contributed by atoms with van der Waals surface area (Å²) >= 11 is 0. The molecule has 0 atom stereocenters. The number of hydrogen-bond donors (Lipinski definition) is 3. The number of alkyl halides is 3. The van der Waals surface area contributed by atoms with E-state index in [9.17, 15) is 27.9 Å². The van der Waals surface area contributed by atoms with Crippen molar-refractivity contribution < 1.29 is 33.0 Å². The predicted octanol–water partition coefficient (Wildman–Crippen LogP) is 3.23. The van der Waals surface area contributed by atoms with Crippen molar-refractivity contribution in [1.82, 2.24) is 14.4 Å². The number of carbonyl (C=O) groups excluding carboxylic acids is 1. The molecule has 4 rings (SSSR count). The number of carbonyl (C=O) groups is 2. The summed E-state index contributed by atoms with van der Waals surface area (Å²) in [6.07, 6.45) is 0.190. The highest BCUT2D eigenvalue weighted by molar-refractivity contribution is 6.04. The molecular weight excluding hydrogens is 467 g/mol. The van der Waals surface area contributed by atoms with Gasteiger partial charge in [0.2, 0.25) is 0 Å². The van der Waals surface area contributed by atoms with Crippen molar-refractivity contribution in [3.05, 3.63) is 53.7 Å². The molecule has 0 saturated carbocycles. The molecule has 0 spiro atoms. The van der Waals surface area contributed by atoms with Crippen LogP contribution in [-0.4, -0.2) is 56.2 Å². The first-order valence-electron chi connectivity index (χ1n) is 11.1. The van der Waals surface area contributed by atoms with Crippen molar-refractivity contribution in [3.63, 3.8) is 0 Å². The van der Waals surface area contributed by atoms with E-state index < -0.39 is 23.7 Å². The highest BCUT2D eigenvalue weighted by atomic mass is 19.4. The number of aliphatic carboxylic acids is 1. The predicted molar refractivity (Wildman–Crippen MR) is 120 cm³/mol. The SMILES string of the molecule is O=C(O)CCc1cn2cc(NC(=O)c3cccc(C(F)(F)F)n3)c(N3CCC(CO)CC3)cc2n1. The van der Waals surface area contributed by atoms with Gasteiger partial charge < -0.3 is 24.8 Å².